The first-order valence-electron chi connectivity index (χ1n) is 7.25. The molecular formula is C16H20N2O3S. The summed E-state index contributed by atoms with van der Waals surface area (Å²) in [6.07, 6.45) is 2.64. The Kier molecular flexibility index (Phi) is 5.09. The van der Waals surface area contributed by atoms with Crippen molar-refractivity contribution in [1.82, 2.24) is 4.98 Å². The van der Waals surface area contributed by atoms with E-state index in [2.05, 4.69) is 11.1 Å². The molecule has 22 heavy (non-hydrogen) atoms. The van der Waals surface area contributed by atoms with E-state index in [1.165, 1.54) is 0 Å². The summed E-state index contributed by atoms with van der Waals surface area (Å²) in [5.41, 5.74) is 1.89. The number of fused-ring (bicyclic) bond motifs is 1. The largest absolute Gasteiger partial charge is 0.494 e. The van der Waals surface area contributed by atoms with Gasteiger partial charge in [-0.3, -0.25) is 0 Å². The molecule has 0 bridgehead atoms. The molecule has 0 radical (unpaired) electrons. The van der Waals surface area contributed by atoms with Gasteiger partial charge in [-0.05, 0) is 44.0 Å². The van der Waals surface area contributed by atoms with Gasteiger partial charge >= 0.3 is 0 Å². The molecule has 0 fully saturated rings. The fourth-order valence-electron chi connectivity index (χ4n) is 2.16. The molecule has 0 aliphatic rings. The lowest BCUT2D eigenvalue weighted by Gasteiger charge is -2.09. The average molecular weight is 320 g/mol. The quantitative estimate of drug-likeness (QED) is 0.795. The zero-order chi connectivity index (χ0) is 16.2. The number of aromatic amines is 1. The molecule has 0 aliphatic heterocycles. The number of hydrogen-bond acceptors (Lipinski definition) is 4. The van der Waals surface area contributed by atoms with Crippen molar-refractivity contribution < 1.29 is 13.2 Å². The fraction of sp³-hybridized carbons (Fsp3) is 0.438. The van der Waals surface area contributed by atoms with E-state index < -0.39 is 9.84 Å². The summed E-state index contributed by atoms with van der Waals surface area (Å²) in [6, 6.07) is 7.76. The van der Waals surface area contributed by atoms with Gasteiger partial charge in [-0.25, -0.2) is 8.42 Å². The maximum Gasteiger partial charge on any atom is 0.152 e. The average Bonchev–Trinajstić information content (AvgIpc) is 2.87. The molecule has 1 aromatic heterocycles. The molecule has 0 aliphatic carbocycles. The highest BCUT2D eigenvalue weighted by Gasteiger charge is 2.15. The molecule has 0 unspecified atom stereocenters. The van der Waals surface area contributed by atoms with Crippen molar-refractivity contribution >= 4 is 20.7 Å². The molecule has 1 aromatic carbocycles. The van der Waals surface area contributed by atoms with Crippen molar-refractivity contribution in [2.45, 2.75) is 31.9 Å². The van der Waals surface area contributed by atoms with E-state index in [1.54, 1.807) is 13.8 Å². The maximum atomic E-state index is 11.7. The van der Waals surface area contributed by atoms with Crippen molar-refractivity contribution in [3.05, 3.63) is 30.0 Å². The Bertz CT molecular complexity index is 785. The number of rotatable bonds is 7. The Hall–Kier alpha value is -2.00. The topological polar surface area (TPSA) is 83.0 Å². The molecule has 1 N–H and O–H groups in total. The third-order valence-electron chi connectivity index (χ3n) is 3.57. The third kappa shape index (κ3) is 3.80. The van der Waals surface area contributed by atoms with Gasteiger partial charge in [-0.2, -0.15) is 5.26 Å². The Balaban J connectivity index is 1.98. The summed E-state index contributed by atoms with van der Waals surface area (Å²) in [5, 5.41) is 9.43. The molecule has 5 nitrogen and oxygen atoms in total. The second-order valence-corrected chi connectivity index (χ2v) is 8.15. The number of aromatic nitrogens is 1. The first kappa shape index (κ1) is 16.4. The minimum atomic E-state index is -3.01. The first-order chi connectivity index (χ1) is 10.4. The van der Waals surface area contributed by atoms with Crippen LogP contribution in [0.1, 0.15) is 25.8 Å². The fourth-order valence-corrected chi connectivity index (χ4v) is 3.16. The minimum Gasteiger partial charge on any atom is -0.494 e. The predicted molar refractivity (Wildman–Crippen MR) is 86.7 cm³/mol. The van der Waals surface area contributed by atoms with Crippen LogP contribution in [0.15, 0.2) is 24.4 Å². The molecule has 0 amide bonds. The van der Waals surface area contributed by atoms with E-state index in [4.69, 9.17) is 10.00 Å². The van der Waals surface area contributed by atoms with Crippen molar-refractivity contribution in [3.63, 3.8) is 0 Å². The first-order valence-corrected chi connectivity index (χ1v) is 8.97. The molecule has 2 aromatic rings. The Morgan fingerprint density at radius 3 is 2.82 bits per heavy atom. The highest BCUT2D eigenvalue weighted by atomic mass is 32.2. The number of nitriles is 1. The number of H-pyrrole nitrogens is 1. The van der Waals surface area contributed by atoms with E-state index in [0.717, 1.165) is 16.5 Å². The lowest BCUT2D eigenvalue weighted by atomic mass is 10.1. The zero-order valence-corrected chi connectivity index (χ0v) is 13.6. The van der Waals surface area contributed by atoms with Crippen LogP contribution in [-0.4, -0.2) is 31.0 Å². The Morgan fingerprint density at radius 1 is 1.36 bits per heavy atom. The Morgan fingerprint density at radius 2 is 2.14 bits per heavy atom. The minimum absolute atomic E-state index is 0.136. The number of hydrogen-bond donors (Lipinski definition) is 1. The number of sulfone groups is 1. The van der Waals surface area contributed by atoms with Gasteiger partial charge in [-0.15, -0.1) is 0 Å². The van der Waals surface area contributed by atoms with Crippen LogP contribution in [0.25, 0.3) is 10.9 Å². The van der Waals surface area contributed by atoms with Gasteiger partial charge < -0.3 is 9.72 Å². The number of ether oxygens (including phenoxy) is 1. The van der Waals surface area contributed by atoms with Gasteiger partial charge in [0.2, 0.25) is 0 Å². The van der Waals surface area contributed by atoms with Gasteiger partial charge in [0, 0.05) is 17.1 Å². The van der Waals surface area contributed by atoms with Gasteiger partial charge in [0.15, 0.2) is 9.84 Å². The van der Waals surface area contributed by atoms with Gasteiger partial charge in [0.25, 0.3) is 0 Å². The van der Waals surface area contributed by atoms with E-state index in [9.17, 15) is 8.42 Å². The van der Waals surface area contributed by atoms with Crippen molar-refractivity contribution in [1.29, 1.82) is 5.26 Å². The lowest BCUT2D eigenvalue weighted by molar-refractivity contribution is 0.318. The number of benzene rings is 1. The number of nitrogens with zero attached hydrogens (tertiary/aromatic N) is 1. The van der Waals surface area contributed by atoms with E-state index >= 15 is 0 Å². The van der Waals surface area contributed by atoms with Gasteiger partial charge in [0.1, 0.15) is 5.75 Å². The zero-order valence-electron chi connectivity index (χ0n) is 12.8. The summed E-state index contributed by atoms with van der Waals surface area (Å²) in [6.45, 7) is 3.73. The van der Waals surface area contributed by atoms with Crippen LogP contribution in [0.3, 0.4) is 0 Å². The van der Waals surface area contributed by atoms with E-state index in [-0.39, 0.29) is 11.0 Å². The van der Waals surface area contributed by atoms with Crippen molar-refractivity contribution in [3.8, 4) is 11.8 Å². The van der Waals surface area contributed by atoms with Crippen LogP contribution in [0.2, 0.25) is 0 Å². The molecule has 0 spiro atoms. The molecule has 1 heterocycles. The van der Waals surface area contributed by atoms with Gasteiger partial charge in [0.05, 0.1) is 30.1 Å². The third-order valence-corrected chi connectivity index (χ3v) is 5.86. The highest BCUT2D eigenvalue weighted by molar-refractivity contribution is 7.91. The monoisotopic (exact) mass is 320 g/mol. The standard InChI is InChI=1S/C16H20N2O3S/c1-12(2)22(19,20)9-3-8-21-14-4-5-16-15(10-14)13(6-7-17)11-18-16/h4-5,10-12,18H,3,6,8-9H2,1-2H3. The Labute approximate surface area is 130 Å². The number of nitrogens with one attached hydrogen (secondary N) is 1. The van der Waals surface area contributed by atoms with Crippen molar-refractivity contribution in [2.75, 3.05) is 12.4 Å². The molecule has 2 rings (SSSR count). The summed E-state index contributed by atoms with van der Waals surface area (Å²) >= 11 is 0. The summed E-state index contributed by atoms with van der Waals surface area (Å²) in [4.78, 5) is 3.11. The molecule has 0 saturated heterocycles. The smallest absolute Gasteiger partial charge is 0.152 e. The SMILES string of the molecule is CC(C)S(=O)(=O)CCCOc1ccc2[nH]cc(CC#N)c2c1. The van der Waals surface area contributed by atoms with Crippen LogP contribution >= 0.6 is 0 Å². The maximum absolute atomic E-state index is 11.7. The molecule has 6 heteroatoms. The normalized spacial score (nSPS) is 11.7. The highest BCUT2D eigenvalue weighted by Crippen LogP contribution is 2.24. The van der Waals surface area contributed by atoms with Crippen molar-refractivity contribution in [2.24, 2.45) is 0 Å². The van der Waals surface area contributed by atoms with Gasteiger partial charge in [-0.1, -0.05) is 0 Å². The molecule has 118 valence electrons. The molecule has 0 saturated carbocycles. The van der Waals surface area contributed by atoms with Crippen LogP contribution in [0, 0.1) is 11.3 Å². The lowest BCUT2D eigenvalue weighted by Crippen LogP contribution is -2.19. The van der Waals surface area contributed by atoms with Crippen LogP contribution in [0.5, 0.6) is 5.75 Å². The van der Waals surface area contributed by atoms with E-state index in [0.29, 0.717) is 25.2 Å². The molecule has 0 atom stereocenters. The second kappa shape index (κ2) is 6.84. The second-order valence-electron chi connectivity index (χ2n) is 5.47. The summed E-state index contributed by atoms with van der Waals surface area (Å²) in [5.74, 6) is 0.824. The van der Waals surface area contributed by atoms with Crippen LogP contribution in [-0.2, 0) is 16.3 Å². The summed E-state index contributed by atoms with van der Waals surface area (Å²) in [7, 11) is -3.01. The molecular weight excluding hydrogens is 300 g/mol. The summed E-state index contributed by atoms with van der Waals surface area (Å²) < 4.78 is 29.0. The van der Waals surface area contributed by atoms with Crippen LogP contribution in [0.4, 0.5) is 0 Å². The predicted octanol–water partition coefficient (Wildman–Crippen LogP) is 2.83. The van der Waals surface area contributed by atoms with Crippen LogP contribution < -0.4 is 4.74 Å². The van der Waals surface area contributed by atoms with E-state index in [1.807, 2.05) is 24.4 Å².